The number of fused-ring (bicyclic) bond motifs is 1. The molecule has 3 N–H and O–H groups in total. The van der Waals surface area contributed by atoms with Crippen LogP contribution in [0.15, 0.2) is 6.33 Å². The van der Waals surface area contributed by atoms with Gasteiger partial charge in [0, 0.05) is 6.04 Å². The molecule has 3 atom stereocenters. The zero-order chi connectivity index (χ0) is 14.5. The van der Waals surface area contributed by atoms with Crippen LogP contribution in [0, 0.1) is 17.8 Å². The number of aliphatic hydroxyl groups excluding tert-OH is 1. The summed E-state index contributed by atoms with van der Waals surface area (Å²) < 4.78 is 1.87. The van der Waals surface area contributed by atoms with Gasteiger partial charge in [-0.15, -0.1) is 6.42 Å². The van der Waals surface area contributed by atoms with Crippen LogP contribution >= 0.6 is 11.6 Å². The number of rotatable bonds is 1. The van der Waals surface area contributed by atoms with Crippen molar-refractivity contribution in [3.63, 3.8) is 0 Å². The molecule has 1 fully saturated rings. The molecule has 2 heterocycles. The molecule has 2 aromatic heterocycles. The number of nitrogens with zero attached hydrogens (tertiary/aromatic N) is 4. The summed E-state index contributed by atoms with van der Waals surface area (Å²) in [6, 6.07) is 0.0152. The molecule has 104 valence electrons. The number of aromatic nitrogens is 4. The van der Waals surface area contributed by atoms with Crippen molar-refractivity contribution < 1.29 is 5.11 Å². The number of nitrogens with two attached hydrogens (primary N) is 1. The molecule has 1 saturated carbocycles. The van der Waals surface area contributed by atoms with Gasteiger partial charge in [0.2, 0.25) is 5.95 Å². The Hall–Kier alpha value is -1.84. The Morgan fingerprint density at radius 2 is 2.35 bits per heavy atom. The average Bonchev–Trinajstić information content (AvgIpc) is 2.92. The highest BCUT2D eigenvalue weighted by Crippen LogP contribution is 2.44. The molecule has 0 spiro atoms. The Balaban J connectivity index is 2.07. The molecule has 0 aliphatic heterocycles. The zero-order valence-corrected chi connectivity index (χ0v) is 11.7. The fourth-order valence-electron chi connectivity index (χ4n) is 2.76. The number of terminal acetylenes is 1. The molecule has 7 heteroatoms. The maximum Gasteiger partial charge on any atom is 0.223 e. The van der Waals surface area contributed by atoms with Crippen molar-refractivity contribution in [2.24, 2.45) is 5.41 Å². The van der Waals surface area contributed by atoms with Gasteiger partial charge in [0.1, 0.15) is 5.52 Å². The van der Waals surface area contributed by atoms with Crippen LogP contribution in [0.1, 0.15) is 25.8 Å². The molecule has 0 amide bonds. The lowest BCUT2D eigenvalue weighted by atomic mass is 9.88. The zero-order valence-electron chi connectivity index (χ0n) is 10.9. The van der Waals surface area contributed by atoms with E-state index in [0.29, 0.717) is 24.0 Å². The maximum atomic E-state index is 10.1. The number of halogens is 1. The van der Waals surface area contributed by atoms with Crippen LogP contribution in [0.5, 0.6) is 0 Å². The molecule has 0 aromatic carbocycles. The largest absolute Gasteiger partial charge is 0.391 e. The van der Waals surface area contributed by atoms with E-state index in [9.17, 15) is 5.11 Å². The molecule has 1 aliphatic rings. The fourth-order valence-corrected chi connectivity index (χ4v) is 2.98. The first-order valence-corrected chi connectivity index (χ1v) is 6.64. The summed E-state index contributed by atoms with van der Waals surface area (Å²) in [6.45, 7) is 1.88. The summed E-state index contributed by atoms with van der Waals surface area (Å²) in [7, 11) is 0. The minimum Gasteiger partial charge on any atom is -0.391 e. The van der Waals surface area contributed by atoms with Crippen molar-refractivity contribution in [1.29, 1.82) is 0 Å². The number of imidazole rings is 1. The molecule has 0 saturated heterocycles. The van der Waals surface area contributed by atoms with Crippen LogP contribution in [-0.2, 0) is 0 Å². The van der Waals surface area contributed by atoms with E-state index in [1.54, 1.807) is 6.33 Å². The molecular formula is C13H14ClN5O. The van der Waals surface area contributed by atoms with Gasteiger partial charge in [-0.3, -0.25) is 0 Å². The van der Waals surface area contributed by atoms with E-state index in [1.807, 2.05) is 11.5 Å². The number of hydrogen-bond acceptors (Lipinski definition) is 5. The van der Waals surface area contributed by atoms with Crippen molar-refractivity contribution >= 4 is 28.7 Å². The molecule has 1 aliphatic carbocycles. The van der Waals surface area contributed by atoms with Gasteiger partial charge in [0.25, 0.3) is 0 Å². The number of aliphatic hydroxyl groups is 1. The van der Waals surface area contributed by atoms with Crippen molar-refractivity contribution in [2.75, 3.05) is 5.73 Å². The van der Waals surface area contributed by atoms with Gasteiger partial charge in [-0.2, -0.15) is 9.97 Å². The Morgan fingerprint density at radius 3 is 3.00 bits per heavy atom. The lowest BCUT2D eigenvalue weighted by Gasteiger charge is -2.20. The van der Waals surface area contributed by atoms with Crippen LogP contribution < -0.4 is 5.73 Å². The Kier molecular flexibility index (Phi) is 2.85. The Labute approximate surface area is 121 Å². The van der Waals surface area contributed by atoms with E-state index in [0.717, 1.165) is 0 Å². The second kappa shape index (κ2) is 4.33. The van der Waals surface area contributed by atoms with E-state index >= 15 is 0 Å². The van der Waals surface area contributed by atoms with E-state index in [1.165, 1.54) is 0 Å². The Bertz CT molecular complexity index is 721. The molecule has 6 nitrogen and oxygen atoms in total. The number of hydrogen-bond donors (Lipinski definition) is 2. The molecule has 0 radical (unpaired) electrons. The smallest absolute Gasteiger partial charge is 0.223 e. The second-order valence-electron chi connectivity index (χ2n) is 5.37. The molecule has 0 unspecified atom stereocenters. The minimum atomic E-state index is -0.551. The first-order chi connectivity index (χ1) is 9.44. The predicted octanol–water partition coefficient (Wildman–Crippen LogP) is 1.40. The van der Waals surface area contributed by atoms with Crippen LogP contribution in [0.25, 0.3) is 11.2 Å². The lowest BCUT2D eigenvalue weighted by Crippen LogP contribution is -2.23. The number of nitrogen functional groups attached to an aromatic ring is 1. The second-order valence-corrected chi connectivity index (χ2v) is 5.73. The fraction of sp³-hybridized carbons (Fsp3) is 0.462. The highest BCUT2D eigenvalue weighted by Gasteiger charge is 2.43. The van der Waals surface area contributed by atoms with E-state index < -0.39 is 11.5 Å². The highest BCUT2D eigenvalue weighted by molar-refractivity contribution is 6.33. The quantitative estimate of drug-likeness (QED) is 0.612. The van der Waals surface area contributed by atoms with Crippen LogP contribution in [0.3, 0.4) is 0 Å². The standard InChI is InChI=1S/C13H14ClN5O/c1-3-13(2)5-7(4-8(13)20)19-6-16-9-10(14)17-12(15)18-11(9)19/h1,6-8,20H,4-5H2,2H3,(H2,15,17,18)/t7-,8-,13+/m1/s1. The maximum absolute atomic E-state index is 10.1. The lowest BCUT2D eigenvalue weighted by molar-refractivity contribution is 0.104. The van der Waals surface area contributed by atoms with E-state index in [2.05, 4.69) is 20.9 Å². The SMILES string of the molecule is C#C[C@@]1(C)C[C@H](n2cnc3c(Cl)nc(N)nc32)C[C@H]1O. The van der Waals surface area contributed by atoms with Gasteiger partial charge in [-0.1, -0.05) is 17.5 Å². The van der Waals surface area contributed by atoms with Crippen LogP contribution in [0.4, 0.5) is 5.95 Å². The summed E-state index contributed by atoms with van der Waals surface area (Å²) in [4.78, 5) is 12.3. The molecule has 3 rings (SSSR count). The van der Waals surface area contributed by atoms with Gasteiger partial charge in [-0.05, 0) is 19.8 Å². The van der Waals surface area contributed by atoms with Crippen molar-refractivity contribution in [2.45, 2.75) is 31.9 Å². The average molecular weight is 292 g/mol. The predicted molar refractivity (Wildman–Crippen MR) is 76.0 cm³/mol. The van der Waals surface area contributed by atoms with Gasteiger partial charge in [0.15, 0.2) is 10.8 Å². The van der Waals surface area contributed by atoms with Crippen molar-refractivity contribution in [1.82, 2.24) is 19.5 Å². The molecule has 20 heavy (non-hydrogen) atoms. The topological polar surface area (TPSA) is 89.9 Å². The summed E-state index contributed by atoms with van der Waals surface area (Å²) in [6.07, 6.45) is 7.82. The molecule has 0 bridgehead atoms. The van der Waals surface area contributed by atoms with E-state index in [-0.39, 0.29) is 17.1 Å². The van der Waals surface area contributed by atoms with Crippen molar-refractivity contribution in [3.8, 4) is 12.3 Å². The van der Waals surface area contributed by atoms with Gasteiger partial charge < -0.3 is 15.4 Å². The number of anilines is 1. The van der Waals surface area contributed by atoms with E-state index in [4.69, 9.17) is 23.8 Å². The third-order valence-corrected chi connectivity index (χ3v) is 4.27. The summed E-state index contributed by atoms with van der Waals surface area (Å²) in [5, 5.41) is 10.4. The van der Waals surface area contributed by atoms with Crippen LogP contribution in [-0.4, -0.2) is 30.7 Å². The minimum absolute atomic E-state index is 0.0152. The molecular weight excluding hydrogens is 278 g/mol. The van der Waals surface area contributed by atoms with Crippen molar-refractivity contribution in [3.05, 3.63) is 11.5 Å². The van der Waals surface area contributed by atoms with Gasteiger partial charge in [-0.25, -0.2) is 4.98 Å². The highest BCUT2D eigenvalue weighted by atomic mass is 35.5. The van der Waals surface area contributed by atoms with Gasteiger partial charge in [0.05, 0.1) is 17.8 Å². The summed E-state index contributed by atoms with van der Waals surface area (Å²) >= 11 is 6.01. The first kappa shape index (κ1) is 13.2. The third kappa shape index (κ3) is 1.82. The Morgan fingerprint density at radius 1 is 1.60 bits per heavy atom. The third-order valence-electron chi connectivity index (χ3n) is 4.01. The monoisotopic (exact) mass is 291 g/mol. The summed E-state index contributed by atoms with van der Waals surface area (Å²) in [5.41, 5.74) is 6.17. The molecule has 2 aromatic rings. The normalized spacial score (nSPS) is 29.7. The van der Waals surface area contributed by atoms with Crippen LogP contribution in [0.2, 0.25) is 5.15 Å². The van der Waals surface area contributed by atoms with Gasteiger partial charge >= 0.3 is 0 Å². The summed E-state index contributed by atoms with van der Waals surface area (Å²) in [5.74, 6) is 2.79. The first-order valence-electron chi connectivity index (χ1n) is 6.26.